The normalized spacial score (nSPS) is 29.1. The number of ether oxygens (including phenoxy) is 1. The molecule has 18 heavy (non-hydrogen) atoms. The number of carboxylic acid groups (broad SMARTS) is 1. The molecule has 102 valence electrons. The number of carboxylic acids is 1. The van der Waals surface area contributed by atoms with E-state index in [9.17, 15) is 9.59 Å². The van der Waals surface area contributed by atoms with E-state index in [-0.39, 0.29) is 17.4 Å². The topological polar surface area (TPSA) is 75.6 Å². The van der Waals surface area contributed by atoms with E-state index in [1.54, 1.807) is 0 Å². The summed E-state index contributed by atoms with van der Waals surface area (Å²) in [6, 6.07) is 0. The van der Waals surface area contributed by atoms with Crippen molar-refractivity contribution in [1.82, 2.24) is 5.32 Å². The smallest absolute Gasteiger partial charge is 0.408 e. The first kappa shape index (κ1) is 13.2. The molecule has 0 spiro atoms. The van der Waals surface area contributed by atoms with Crippen LogP contribution in [0.2, 0.25) is 0 Å². The van der Waals surface area contributed by atoms with E-state index < -0.39 is 17.7 Å². The lowest BCUT2D eigenvalue weighted by Gasteiger charge is -2.43. The molecule has 0 radical (unpaired) electrons. The van der Waals surface area contributed by atoms with E-state index in [2.05, 4.69) is 5.32 Å². The number of carbonyl (C=O) groups excluding carboxylic acids is 1. The third kappa shape index (κ3) is 2.60. The highest BCUT2D eigenvalue weighted by atomic mass is 16.6. The zero-order valence-corrected chi connectivity index (χ0v) is 11.2. The van der Waals surface area contributed by atoms with E-state index in [4.69, 9.17) is 9.84 Å². The summed E-state index contributed by atoms with van der Waals surface area (Å²) < 4.78 is 5.25. The number of amides is 1. The van der Waals surface area contributed by atoms with E-state index in [1.165, 1.54) is 0 Å². The van der Waals surface area contributed by atoms with E-state index in [0.717, 1.165) is 19.3 Å². The van der Waals surface area contributed by atoms with E-state index in [0.29, 0.717) is 6.42 Å². The number of nitrogens with one attached hydrogen (secondary N) is 1. The molecule has 1 amide bonds. The van der Waals surface area contributed by atoms with Gasteiger partial charge in [-0.25, -0.2) is 4.79 Å². The second kappa shape index (κ2) is 4.14. The van der Waals surface area contributed by atoms with Gasteiger partial charge >= 0.3 is 12.1 Å². The number of aliphatic carboxylic acids is 1. The predicted octanol–water partition coefficient (Wildman–Crippen LogP) is 2.15. The fraction of sp³-hybridized carbons (Fsp3) is 0.846. The summed E-state index contributed by atoms with van der Waals surface area (Å²) in [7, 11) is 0. The Hall–Kier alpha value is -1.26. The third-order valence-electron chi connectivity index (χ3n) is 3.81. The molecule has 0 heterocycles. The Morgan fingerprint density at radius 1 is 1.33 bits per heavy atom. The second-order valence-corrected chi connectivity index (χ2v) is 6.42. The molecule has 5 nitrogen and oxygen atoms in total. The first-order valence-electron chi connectivity index (χ1n) is 6.47. The molecule has 2 saturated carbocycles. The Bertz CT molecular complexity index is 368. The van der Waals surface area contributed by atoms with Crippen LogP contribution >= 0.6 is 0 Å². The first-order valence-corrected chi connectivity index (χ1v) is 6.47. The summed E-state index contributed by atoms with van der Waals surface area (Å²) in [5.74, 6) is -0.964. The molecule has 2 rings (SSSR count). The summed E-state index contributed by atoms with van der Waals surface area (Å²) in [6.45, 7) is 5.45. The highest BCUT2D eigenvalue weighted by Crippen LogP contribution is 2.54. The molecular weight excluding hydrogens is 234 g/mol. The molecule has 0 saturated heterocycles. The summed E-state index contributed by atoms with van der Waals surface area (Å²) in [4.78, 5) is 22.7. The highest BCUT2D eigenvalue weighted by molar-refractivity contribution is 5.75. The van der Waals surface area contributed by atoms with Gasteiger partial charge in [0.1, 0.15) is 5.60 Å². The zero-order chi connectivity index (χ0) is 13.6. The Morgan fingerprint density at radius 2 is 1.94 bits per heavy atom. The molecule has 0 aromatic heterocycles. The summed E-state index contributed by atoms with van der Waals surface area (Å²) >= 11 is 0. The van der Waals surface area contributed by atoms with Crippen molar-refractivity contribution in [3.8, 4) is 0 Å². The van der Waals surface area contributed by atoms with Gasteiger partial charge in [0, 0.05) is 5.54 Å². The van der Waals surface area contributed by atoms with Gasteiger partial charge in [0.25, 0.3) is 0 Å². The number of carbonyl (C=O) groups is 2. The van der Waals surface area contributed by atoms with Crippen LogP contribution in [0.1, 0.15) is 46.5 Å². The molecule has 5 heteroatoms. The number of hydrogen-bond acceptors (Lipinski definition) is 3. The maximum absolute atomic E-state index is 11.8. The second-order valence-electron chi connectivity index (χ2n) is 6.42. The largest absolute Gasteiger partial charge is 0.481 e. The predicted molar refractivity (Wildman–Crippen MR) is 65.2 cm³/mol. The molecule has 0 aromatic rings. The number of alkyl carbamates (subject to hydrolysis) is 1. The van der Waals surface area contributed by atoms with Crippen LogP contribution in [0.15, 0.2) is 0 Å². The van der Waals surface area contributed by atoms with Gasteiger partial charge < -0.3 is 15.2 Å². The minimum atomic E-state index is -0.753. The average molecular weight is 255 g/mol. The molecule has 2 unspecified atom stereocenters. The lowest BCUT2D eigenvalue weighted by atomic mass is 9.72. The maximum Gasteiger partial charge on any atom is 0.408 e. The van der Waals surface area contributed by atoms with Gasteiger partial charge in [-0.2, -0.15) is 0 Å². The Labute approximate surface area is 107 Å². The Kier molecular flexibility index (Phi) is 3.03. The number of rotatable bonds is 3. The van der Waals surface area contributed by atoms with Crippen molar-refractivity contribution in [1.29, 1.82) is 0 Å². The zero-order valence-electron chi connectivity index (χ0n) is 11.2. The maximum atomic E-state index is 11.8. The van der Waals surface area contributed by atoms with E-state index in [1.807, 2.05) is 20.8 Å². The minimum absolute atomic E-state index is 0.0799. The van der Waals surface area contributed by atoms with Crippen molar-refractivity contribution in [2.24, 2.45) is 11.8 Å². The van der Waals surface area contributed by atoms with E-state index >= 15 is 0 Å². The quantitative estimate of drug-likeness (QED) is 0.810. The van der Waals surface area contributed by atoms with Crippen LogP contribution in [0.4, 0.5) is 4.79 Å². The lowest BCUT2D eigenvalue weighted by Crippen LogP contribution is -2.56. The van der Waals surface area contributed by atoms with Crippen molar-refractivity contribution in [2.45, 2.75) is 57.6 Å². The summed E-state index contributed by atoms with van der Waals surface area (Å²) in [5.41, 5.74) is -0.851. The van der Waals surface area contributed by atoms with Gasteiger partial charge in [0.2, 0.25) is 0 Å². The van der Waals surface area contributed by atoms with Crippen molar-refractivity contribution in [2.75, 3.05) is 0 Å². The Balaban J connectivity index is 1.94. The lowest BCUT2D eigenvalue weighted by molar-refractivity contribution is -0.139. The third-order valence-corrected chi connectivity index (χ3v) is 3.81. The van der Waals surface area contributed by atoms with Crippen LogP contribution in [0.25, 0.3) is 0 Å². The minimum Gasteiger partial charge on any atom is -0.481 e. The van der Waals surface area contributed by atoms with Crippen molar-refractivity contribution < 1.29 is 19.4 Å². The average Bonchev–Trinajstić information content (AvgIpc) is 2.87. The monoisotopic (exact) mass is 255 g/mol. The van der Waals surface area contributed by atoms with Gasteiger partial charge in [-0.3, -0.25) is 4.79 Å². The van der Waals surface area contributed by atoms with Crippen LogP contribution in [-0.4, -0.2) is 28.3 Å². The van der Waals surface area contributed by atoms with Crippen LogP contribution in [0.3, 0.4) is 0 Å². The molecule has 2 N–H and O–H groups in total. The molecule has 2 atom stereocenters. The van der Waals surface area contributed by atoms with Gasteiger partial charge in [-0.15, -0.1) is 0 Å². The summed E-state index contributed by atoms with van der Waals surface area (Å²) in [5, 5.41) is 11.9. The van der Waals surface area contributed by atoms with Crippen LogP contribution in [-0.2, 0) is 9.53 Å². The molecule has 2 aliphatic carbocycles. The van der Waals surface area contributed by atoms with Gasteiger partial charge in [0.15, 0.2) is 0 Å². The molecule has 0 aromatic carbocycles. The molecular formula is C13H21NO4. The highest BCUT2D eigenvalue weighted by Gasteiger charge is 2.59. The molecule has 0 bridgehead atoms. The standard InChI is InChI=1S/C13H21NO4/c1-12(2,3)18-11(17)14-13(5-4-6-13)9-7-8(9)10(15)16/h8-9H,4-7H2,1-3H3,(H,14,17)(H,15,16). The number of hydrogen-bond donors (Lipinski definition) is 2. The van der Waals surface area contributed by atoms with Gasteiger partial charge in [-0.05, 0) is 52.4 Å². The fourth-order valence-corrected chi connectivity index (χ4v) is 2.73. The van der Waals surface area contributed by atoms with Crippen molar-refractivity contribution in [3.63, 3.8) is 0 Å². The molecule has 2 fully saturated rings. The fourth-order valence-electron chi connectivity index (χ4n) is 2.73. The van der Waals surface area contributed by atoms with Crippen LogP contribution < -0.4 is 5.32 Å². The Morgan fingerprint density at radius 3 is 2.28 bits per heavy atom. The summed E-state index contributed by atoms with van der Waals surface area (Å²) in [6.07, 6.45) is 3.00. The van der Waals surface area contributed by atoms with Crippen molar-refractivity contribution >= 4 is 12.1 Å². The van der Waals surface area contributed by atoms with Crippen LogP contribution in [0.5, 0.6) is 0 Å². The SMILES string of the molecule is CC(C)(C)OC(=O)NC1(C2CC2C(=O)O)CCC1. The van der Waals surface area contributed by atoms with Gasteiger partial charge in [0.05, 0.1) is 5.92 Å². The molecule has 2 aliphatic rings. The van der Waals surface area contributed by atoms with Gasteiger partial charge in [-0.1, -0.05) is 0 Å². The molecule has 0 aliphatic heterocycles. The first-order chi connectivity index (χ1) is 8.23. The van der Waals surface area contributed by atoms with Crippen LogP contribution in [0, 0.1) is 11.8 Å². The van der Waals surface area contributed by atoms with Crippen molar-refractivity contribution in [3.05, 3.63) is 0 Å².